The average molecular weight is 599 g/mol. The number of carbonyl (C=O) groups excluding carboxylic acids is 2. The third-order valence-electron chi connectivity index (χ3n) is 7.77. The Balaban J connectivity index is 1.21. The third-order valence-corrected chi connectivity index (χ3v) is 9.00. The lowest BCUT2D eigenvalue weighted by atomic mass is 9.92. The highest BCUT2D eigenvalue weighted by molar-refractivity contribution is 7.18. The van der Waals surface area contributed by atoms with E-state index in [1.807, 2.05) is 31.2 Å². The third kappa shape index (κ3) is 7.19. The molecule has 3 aromatic rings. The van der Waals surface area contributed by atoms with Crippen LogP contribution in [-0.2, 0) is 11.2 Å². The highest BCUT2D eigenvalue weighted by Gasteiger charge is 2.33. The molecule has 4 N–H and O–H groups in total. The van der Waals surface area contributed by atoms with Crippen molar-refractivity contribution in [2.45, 2.75) is 63.7 Å². The Labute approximate surface area is 247 Å². The second kappa shape index (κ2) is 13.2. The summed E-state index contributed by atoms with van der Waals surface area (Å²) >= 11 is 7.11. The molecule has 1 aliphatic carbocycles. The molecule has 218 valence electrons. The molecule has 1 aliphatic heterocycles. The summed E-state index contributed by atoms with van der Waals surface area (Å²) in [5.74, 6) is -0.255. The number of hydrogen-bond donors (Lipinski definition) is 4. The van der Waals surface area contributed by atoms with Crippen molar-refractivity contribution in [3.8, 4) is 11.1 Å². The van der Waals surface area contributed by atoms with Gasteiger partial charge in [-0.15, -0.1) is 11.3 Å². The lowest BCUT2D eigenvalue weighted by Crippen LogP contribution is -2.35. The number of rotatable bonds is 10. The Morgan fingerprint density at radius 3 is 2.68 bits per heavy atom. The standard InChI is InChI=1S/C30H35ClN4O5S/c1-18-15-20(35-17-22(40-30(35)39)16-34-29(38)26-10-11-27(31)41-26)6-9-23(18)24-12-14-33-28(37)25(24)3-2-13-32-19-4-7-21(36)8-5-19/h6,9-12,14-15,19,21-22,32,36H,2-5,7-8,13,16-17H2,1H3,(H,33,37)(H,34,38)/t19?,21?,22-/m0/s1. The number of benzene rings is 1. The van der Waals surface area contributed by atoms with Gasteiger partial charge < -0.3 is 25.5 Å². The van der Waals surface area contributed by atoms with Crippen LogP contribution < -0.4 is 21.1 Å². The Morgan fingerprint density at radius 2 is 1.95 bits per heavy atom. The molecular weight excluding hydrogens is 564 g/mol. The number of carbonyl (C=O) groups is 2. The fourth-order valence-electron chi connectivity index (χ4n) is 5.55. The van der Waals surface area contributed by atoms with E-state index in [0.717, 1.165) is 60.9 Å². The summed E-state index contributed by atoms with van der Waals surface area (Å²) in [6.45, 7) is 3.29. The number of amides is 2. The van der Waals surface area contributed by atoms with Gasteiger partial charge in [0.1, 0.15) is 6.10 Å². The SMILES string of the molecule is Cc1cc(N2C[C@H](CNC(=O)c3ccc(Cl)s3)OC2=O)ccc1-c1cc[nH]c(=O)c1CCCNC1CCC(O)CC1. The predicted molar refractivity (Wildman–Crippen MR) is 161 cm³/mol. The summed E-state index contributed by atoms with van der Waals surface area (Å²) in [6, 6.07) is 11.4. The van der Waals surface area contributed by atoms with E-state index >= 15 is 0 Å². The minimum atomic E-state index is -0.478. The molecule has 2 aromatic heterocycles. The first-order chi connectivity index (χ1) is 19.8. The lowest BCUT2D eigenvalue weighted by Gasteiger charge is -2.26. The summed E-state index contributed by atoms with van der Waals surface area (Å²) in [7, 11) is 0. The molecule has 2 amide bonds. The maximum Gasteiger partial charge on any atom is 0.414 e. The monoisotopic (exact) mass is 598 g/mol. The van der Waals surface area contributed by atoms with E-state index in [1.165, 1.54) is 11.3 Å². The zero-order chi connectivity index (χ0) is 28.9. The Kier molecular flexibility index (Phi) is 9.44. The van der Waals surface area contributed by atoms with Gasteiger partial charge >= 0.3 is 6.09 Å². The van der Waals surface area contributed by atoms with E-state index in [0.29, 0.717) is 33.9 Å². The number of H-pyrrole nitrogens is 1. The Morgan fingerprint density at radius 1 is 1.15 bits per heavy atom. The van der Waals surface area contributed by atoms with Gasteiger partial charge in [0.05, 0.1) is 28.4 Å². The number of pyridine rings is 1. The summed E-state index contributed by atoms with van der Waals surface area (Å²) in [5, 5.41) is 16.1. The van der Waals surface area contributed by atoms with Crippen LogP contribution in [-0.4, -0.2) is 60.0 Å². The van der Waals surface area contributed by atoms with E-state index in [9.17, 15) is 19.5 Å². The number of hydrogen-bond acceptors (Lipinski definition) is 7. The summed E-state index contributed by atoms with van der Waals surface area (Å²) < 4.78 is 6.03. The second-order valence-corrected chi connectivity index (χ2v) is 12.4. The van der Waals surface area contributed by atoms with Crippen molar-refractivity contribution in [2.75, 3.05) is 24.5 Å². The highest BCUT2D eigenvalue weighted by atomic mass is 35.5. The fourth-order valence-corrected chi connectivity index (χ4v) is 6.51. The van der Waals surface area contributed by atoms with Crippen LogP contribution >= 0.6 is 22.9 Å². The molecule has 2 fully saturated rings. The average Bonchev–Trinajstić information content (AvgIpc) is 3.56. The molecule has 0 spiro atoms. The van der Waals surface area contributed by atoms with Gasteiger partial charge in [0.15, 0.2) is 0 Å². The van der Waals surface area contributed by atoms with Crippen molar-refractivity contribution in [3.05, 3.63) is 73.3 Å². The first-order valence-corrected chi connectivity index (χ1v) is 15.2. The molecule has 11 heteroatoms. The summed E-state index contributed by atoms with van der Waals surface area (Å²) in [6.07, 6.45) is 5.66. The molecule has 5 rings (SSSR count). The van der Waals surface area contributed by atoms with Gasteiger partial charge in [-0.2, -0.15) is 0 Å². The first-order valence-electron chi connectivity index (χ1n) is 14.0. The van der Waals surface area contributed by atoms with Crippen LogP contribution in [0.25, 0.3) is 11.1 Å². The van der Waals surface area contributed by atoms with Crippen LogP contribution in [0.2, 0.25) is 4.34 Å². The molecular formula is C30H35ClN4O5S. The number of thiophene rings is 1. The topological polar surface area (TPSA) is 124 Å². The normalized spacial score (nSPS) is 20.7. The van der Waals surface area contributed by atoms with E-state index in [-0.39, 0.29) is 24.1 Å². The van der Waals surface area contributed by atoms with Gasteiger partial charge in [-0.25, -0.2) is 4.79 Å². The molecule has 41 heavy (non-hydrogen) atoms. The minimum absolute atomic E-state index is 0.0930. The molecule has 1 atom stereocenters. The van der Waals surface area contributed by atoms with Crippen LogP contribution in [0, 0.1) is 6.92 Å². The number of aromatic amines is 1. The van der Waals surface area contributed by atoms with Crippen molar-refractivity contribution >= 4 is 40.6 Å². The predicted octanol–water partition coefficient (Wildman–Crippen LogP) is 4.65. The molecule has 3 heterocycles. The smallest absolute Gasteiger partial charge is 0.414 e. The zero-order valence-electron chi connectivity index (χ0n) is 23.0. The van der Waals surface area contributed by atoms with E-state index in [4.69, 9.17) is 16.3 Å². The van der Waals surface area contributed by atoms with E-state index in [1.54, 1.807) is 23.2 Å². The van der Waals surface area contributed by atoms with Gasteiger partial charge in [-0.3, -0.25) is 14.5 Å². The first kappa shape index (κ1) is 29.3. The van der Waals surface area contributed by atoms with Crippen molar-refractivity contribution in [1.82, 2.24) is 15.6 Å². The van der Waals surface area contributed by atoms with Gasteiger partial charge in [0.2, 0.25) is 0 Å². The molecule has 2 aliphatic rings. The zero-order valence-corrected chi connectivity index (χ0v) is 24.5. The van der Waals surface area contributed by atoms with Gasteiger partial charge in [0.25, 0.3) is 11.5 Å². The number of aliphatic hydroxyl groups is 1. The molecule has 1 saturated carbocycles. The molecule has 1 aromatic carbocycles. The fraction of sp³-hybridized carbons (Fsp3) is 0.433. The van der Waals surface area contributed by atoms with Crippen molar-refractivity contribution in [3.63, 3.8) is 0 Å². The van der Waals surface area contributed by atoms with E-state index < -0.39 is 12.2 Å². The molecule has 0 bridgehead atoms. The van der Waals surface area contributed by atoms with Crippen LogP contribution in [0.1, 0.15) is 52.9 Å². The molecule has 0 radical (unpaired) electrons. The number of aliphatic hydroxyl groups excluding tert-OH is 1. The highest BCUT2D eigenvalue weighted by Crippen LogP contribution is 2.31. The number of cyclic esters (lactones) is 1. The number of nitrogens with one attached hydrogen (secondary N) is 3. The van der Waals surface area contributed by atoms with Crippen LogP contribution in [0.4, 0.5) is 10.5 Å². The largest absolute Gasteiger partial charge is 0.442 e. The number of aromatic nitrogens is 1. The summed E-state index contributed by atoms with van der Waals surface area (Å²) in [5.41, 5.74) is 4.11. The maximum atomic E-state index is 12.8. The number of nitrogens with zero attached hydrogens (tertiary/aromatic N) is 1. The maximum absolute atomic E-state index is 12.8. The quantitative estimate of drug-likeness (QED) is 0.252. The van der Waals surface area contributed by atoms with Crippen molar-refractivity contribution in [1.29, 1.82) is 0 Å². The van der Waals surface area contributed by atoms with Crippen molar-refractivity contribution < 1.29 is 19.4 Å². The summed E-state index contributed by atoms with van der Waals surface area (Å²) in [4.78, 5) is 42.7. The minimum Gasteiger partial charge on any atom is -0.442 e. The van der Waals surface area contributed by atoms with Crippen LogP contribution in [0.5, 0.6) is 0 Å². The second-order valence-electron chi connectivity index (χ2n) is 10.7. The molecule has 0 unspecified atom stereocenters. The Hall–Kier alpha value is -3.18. The van der Waals surface area contributed by atoms with Crippen molar-refractivity contribution in [2.24, 2.45) is 0 Å². The van der Waals surface area contributed by atoms with Gasteiger partial charge in [0, 0.05) is 23.5 Å². The number of aryl methyl sites for hydroxylation is 1. The molecule has 1 saturated heterocycles. The van der Waals surface area contributed by atoms with Gasteiger partial charge in [-0.05, 0) is 99.0 Å². The van der Waals surface area contributed by atoms with Crippen LogP contribution in [0.15, 0.2) is 47.4 Å². The number of anilines is 1. The number of halogens is 1. The Bertz CT molecular complexity index is 1450. The molecule has 9 nitrogen and oxygen atoms in total. The number of ether oxygens (including phenoxy) is 1. The van der Waals surface area contributed by atoms with E-state index in [2.05, 4.69) is 15.6 Å². The lowest BCUT2D eigenvalue weighted by molar-refractivity contribution is 0.0920. The van der Waals surface area contributed by atoms with Gasteiger partial charge in [-0.1, -0.05) is 17.7 Å². The van der Waals surface area contributed by atoms with Crippen LogP contribution in [0.3, 0.4) is 0 Å².